The molecule has 23 heavy (non-hydrogen) atoms. The van der Waals surface area contributed by atoms with Gasteiger partial charge in [0.25, 0.3) is 0 Å². The number of carbonyl (C=O) groups excluding carboxylic acids is 2. The van der Waals surface area contributed by atoms with E-state index in [1.807, 2.05) is 33.8 Å². The van der Waals surface area contributed by atoms with Crippen LogP contribution in [0.25, 0.3) is 0 Å². The molecule has 0 bridgehead atoms. The largest absolute Gasteiger partial charge is 0.490 e. The Morgan fingerprint density at radius 2 is 1.61 bits per heavy atom. The van der Waals surface area contributed by atoms with Gasteiger partial charge in [-0.15, -0.1) is 0 Å². The van der Waals surface area contributed by atoms with Crippen molar-refractivity contribution in [2.75, 3.05) is 14.2 Å². The average Bonchev–Trinajstić information content (AvgIpc) is 2.73. The van der Waals surface area contributed by atoms with E-state index in [1.54, 1.807) is 0 Å². The summed E-state index contributed by atoms with van der Waals surface area (Å²) >= 11 is 0. The number of allylic oxidation sites excluding steroid dienone is 1. The summed E-state index contributed by atoms with van der Waals surface area (Å²) in [5.74, 6) is -1.59. The summed E-state index contributed by atoms with van der Waals surface area (Å²) in [4.78, 5) is 23.9. The molecule has 7 heteroatoms. The molecule has 6 nitrogen and oxygen atoms in total. The van der Waals surface area contributed by atoms with Crippen molar-refractivity contribution in [1.29, 1.82) is 0 Å². The van der Waals surface area contributed by atoms with E-state index >= 15 is 0 Å². The van der Waals surface area contributed by atoms with Gasteiger partial charge in [-0.1, -0.05) is 6.08 Å². The van der Waals surface area contributed by atoms with Gasteiger partial charge in [0, 0.05) is 0 Å². The Kier molecular flexibility index (Phi) is 4.92. The molecule has 1 aliphatic carbocycles. The van der Waals surface area contributed by atoms with Crippen molar-refractivity contribution in [3.05, 3.63) is 11.5 Å². The lowest BCUT2D eigenvalue weighted by Crippen LogP contribution is -2.41. The van der Waals surface area contributed by atoms with E-state index in [1.165, 1.54) is 14.2 Å². The van der Waals surface area contributed by atoms with E-state index < -0.39 is 30.2 Å². The van der Waals surface area contributed by atoms with Crippen LogP contribution in [0.1, 0.15) is 40.5 Å². The lowest BCUT2D eigenvalue weighted by Gasteiger charge is -2.32. The molecule has 0 aromatic heterocycles. The molecule has 2 rings (SSSR count). The van der Waals surface area contributed by atoms with Crippen molar-refractivity contribution in [2.24, 2.45) is 11.8 Å². The lowest BCUT2D eigenvalue weighted by molar-refractivity contribution is -0.148. The van der Waals surface area contributed by atoms with Crippen LogP contribution >= 0.6 is 0 Å². The topological polar surface area (TPSA) is 71.1 Å². The normalized spacial score (nSPS) is 29.0. The zero-order chi connectivity index (χ0) is 17.4. The van der Waals surface area contributed by atoms with Crippen LogP contribution in [0.5, 0.6) is 0 Å². The molecule has 0 spiro atoms. The number of carbonyl (C=O) groups is 2. The molecule has 2 atom stereocenters. The minimum absolute atomic E-state index is 0.332. The highest BCUT2D eigenvalue weighted by molar-refractivity contribution is 6.54. The van der Waals surface area contributed by atoms with E-state index in [2.05, 4.69) is 0 Å². The third kappa shape index (κ3) is 3.45. The number of hydrogen-bond donors (Lipinski definition) is 0. The molecule has 1 aliphatic heterocycles. The molecule has 1 fully saturated rings. The second-order valence-corrected chi connectivity index (χ2v) is 7.12. The van der Waals surface area contributed by atoms with Gasteiger partial charge in [-0.3, -0.25) is 9.59 Å². The lowest BCUT2D eigenvalue weighted by atomic mass is 9.67. The predicted molar refractivity (Wildman–Crippen MR) is 84.4 cm³/mol. The van der Waals surface area contributed by atoms with Crippen LogP contribution in [0.2, 0.25) is 0 Å². The summed E-state index contributed by atoms with van der Waals surface area (Å²) in [5, 5.41) is 0. The number of ether oxygens (including phenoxy) is 2. The van der Waals surface area contributed by atoms with Crippen LogP contribution in [-0.2, 0) is 28.4 Å². The van der Waals surface area contributed by atoms with E-state index in [0.717, 1.165) is 5.47 Å². The van der Waals surface area contributed by atoms with Crippen molar-refractivity contribution < 1.29 is 28.4 Å². The third-order valence-electron chi connectivity index (χ3n) is 5.03. The molecule has 128 valence electrons. The fraction of sp³-hybridized carbons (Fsp3) is 0.750. The maximum Gasteiger partial charge on any atom is 0.490 e. The van der Waals surface area contributed by atoms with Gasteiger partial charge in [0.15, 0.2) is 0 Å². The van der Waals surface area contributed by atoms with Crippen molar-refractivity contribution in [2.45, 2.75) is 51.7 Å². The molecule has 1 saturated heterocycles. The standard InChI is InChI=1S/C16H25BO6/c1-15(2)16(3,4)23-17(22-15)12-8-10(13(18)20-5)7-11(9-12)14(19)21-6/h8,10-11H,7,9H2,1-6H3. The van der Waals surface area contributed by atoms with Crippen LogP contribution in [0.3, 0.4) is 0 Å². The van der Waals surface area contributed by atoms with E-state index in [9.17, 15) is 9.59 Å². The summed E-state index contributed by atoms with van der Waals surface area (Å²) in [6, 6.07) is 0. The molecule has 0 N–H and O–H groups in total. The smallest absolute Gasteiger partial charge is 0.469 e. The number of hydrogen-bond acceptors (Lipinski definition) is 6. The molecular weight excluding hydrogens is 299 g/mol. The molecular formula is C16H25BO6. The van der Waals surface area contributed by atoms with E-state index in [0.29, 0.717) is 12.8 Å². The van der Waals surface area contributed by atoms with E-state index in [-0.39, 0.29) is 11.9 Å². The van der Waals surface area contributed by atoms with Gasteiger partial charge >= 0.3 is 19.1 Å². The fourth-order valence-electron chi connectivity index (χ4n) is 2.90. The van der Waals surface area contributed by atoms with Crippen LogP contribution in [0, 0.1) is 11.8 Å². The van der Waals surface area contributed by atoms with Crippen molar-refractivity contribution in [3.63, 3.8) is 0 Å². The van der Waals surface area contributed by atoms with Gasteiger partial charge < -0.3 is 18.8 Å². The maximum absolute atomic E-state index is 12.0. The SMILES string of the molecule is COC(=O)C1C=C(B2OC(C)(C)C(C)(C)O2)CC(C(=O)OC)C1. The summed E-state index contributed by atoms with van der Waals surface area (Å²) in [5.41, 5.74) is -0.157. The van der Waals surface area contributed by atoms with Crippen LogP contribution < -0.4 is 0 Å². The van der Waals surface area contributed by atoms with Crippen molar-refractivity contribution in [1.82, 2.24) is 0 Å². The molecule has 2 unspecified atom stereocenters. The van der Waals surface area contributed by atoms with Crippen LogP contribution in [0.15, 0.2) is 11.5 Å². The Morgan fingerprint density at radius 3 is 2.09 bits per heavy atom. The summed E-state index contributed by atoms with van der Waals surface area (Å²) < 4.78 is 21.7. The summed E-state index contributed by atoms with van der Waals surface area (Å²) in [7, 11) is 2.12. The monoisotopic (exact) mass is 324 g/mol. The second kappa shape index (κ2) is 6.28. The summed E-state index contributed by atoms with van der Waals surface area (Å²) in [6.07, 6.45) is 2.65. The molecule has 0 radical (unpaired) electrons. The first-order valence-electron chi connectivity index (χ1n) is 7.83. The van der Waals surface area contributed by atoms with Gasteiger partial charge in [-0.25, -0.2) is 0 Å². The first-order chi connectivity index (χ1) is 10.6. The Balaban J connectivity index is 2.27. The first kappa shape index (κ1) is 18.0. The first-order valence-corrected chi connectivity index (χ1v) is 7.83. The summed E-state index contributed by atoms with van der Waals surface area (Å²) in [6.45, 7) is 7.86. The van der Waals surface area contributed by atoms with E-state index in [4.69, 9.17) is 18.8 Å². The minimum atomic E-state index is -0.570. The quantitative estimate of drug-likeness (QED) is 0.583. The van der Waals surface area contributed by atoms with Gasteiger partial charge in [-0.05, 0) is 46.0 Å². The van der Waals surface area contributed by atoms with Crippen molar-refractivity contribution in [3.8, 4) is 0 Å². The number of esters is 2. The second-order valence-electron chi connectivity index (χ2n) is 7.12. The molecule has 2 aliphatic rings. The average molecular weight is 324 g/mol. The Hall–Kier alpha value is -1.34. The molecule has 0 aromatic rings. The highest BCUT2D eigenvalue weighted by Crippen LogP contribution is 2.41. The van der Waals surface area contributed by atoms with Gasteiger partial charge in [0.2, 0.25) is 0 Å². The minimum Gasteiger partial charge on any atom is -0.469 e. The zero-order valence-corrected chi connectivity index (χ0v) is 14.7. The number of rotatable bonds is 3. The van der Waals surface area contributed by atoms with Gasteiger partial charge in [-0.2, -0.15) is 0 Å². The number of methoxy groups -OCH3 is 2. The zero-order valence-electron chi connectivity index (χ0n) is 14.7. The van der Waals surface area contributed by atoms with Crippen molar-refractivity contribution >= 4 is 19.1 Å². The Bertz CT molecular complexity index is 509. The Morgan fingerprint density at radius 1 is 1.09 bits per heavy atom. The van der Waals surface area contributed by atoms with Crippen LogP contribution in [-0.4, -0.2) is 44.5 Å². The molecule has 0 amide bonds. The fourth-order valence-corrected chi connectivity index (χ4v) is 2.90. The molecule has 0 saturated carbocycles. The third-order valence-corrected chi connectivity index (χ3v) is 5.03. The highest BCUT2D eigenvalue weighted by Gasteiger charge is 2.53. The van der Waals surface area contributed by atoms with Crippen LogP contribution in [0.4, 0.5) is 0 Å². The van der Waals surface area contributed by atoms with Gasteiger partial charge in [0.05, 0.1) is 37.3 Å². The Labute approximate surface area is 137 Å². The molecule has 1 heterocycles. The highest BCUT2D eigenvalue weighted by atomic mass is 16.7. The molecule has 0 aromatic carbocycles. The maximum atomic E-state index is 12.0. The van der Waals surface area contributed by atoms with Gasteiger partial charge in [0.1, 0.15) is 0 Å². The predicted octanol–water partition coefficient (Wildman–Crippen LogP) is 1.92.